The van der Waals surface area contributed by atoms with Gasteiger partial charge in [-0.1, -0.05) is 23.7 Å². The Hall–Kier alpha value is -3.90. The average Bonchev–Trinajstić information content (AvgIpc) is 2.90. The summed E-state index contributed by atoms with van der Waals surface area (Å²) in [5.41, 5.74) is 1.54. The third-order valence-electron chi connectivity index (χ3n) is 5.56. The van der Waals surface area contributed by atoms with Crippen LogP contribution in [0, 0.1) is 3.57 Å². The Morgan fingerprint density at radius 1 is 1.05 bits per heavy atom. The number of anilines is 1. The lowest BCUT2D eigenvalue weighted by molar-refractivity contribution is -0.122. The minimum Gasteiger partial charge on any atom is -0.490 e. The van der Waals surface area contributed by atoms with Crippen molar-refractivity contribution in [3.05, 3.63) is 91.5 Å². The van der Waals surface area contributed by atoms with Crippen LogP contribution in [0.2, 0.25) is 5.02 Å². The highest BCUT2D eigenvalue weighted by atomic mass is 127. The number of rotatable bonds is 8. The first-order valence-electron chi connectivity index (χ1n) is 11.6. The summed E-state index contributed by atoms with van der Waals surface area (Å²) in [5.74, 6) is -1.29. The topological polar surface area (TPSA) is 111 Å². The Bertz CT molecular complexity index is 1490. The molecule has 39 heavy (non-hydrogen) atoms. The standard InChI is InChI=1S/C28H22ClIN2O7/c1-3-38-23-14-17(13-22(30)24(23)39-15-16-5-4-6-19(29)11-16)12-21-25(33)31-28(36)32(26(21)34)20-9-7-18(8-10-20)27(35)37-2/h4-14H,3,15H2,1-2H3,(H,31,33,36)/b21-12+. The first kappa shape index (κ1) is 28.1. The lowest BCUT2D eigenvalue weighted by Gasteiger charge is -2.26. The number of imide groups is 2. The summed E-state index contributed by atoms with van der Waals surface area (Å²) in [6, 6.07) is 15.4. The van der Waals surface area contributed by atoms with Gasteiger partial charge in [0, 0.05) is 5.02 Å². The number of carbonyl (C=O) groups is 4. The fourth-order valence-electron chi connectivity index (χ4n) is 3.78. The van der Waals surface area contributed by atoms with E-state index in [4.69, 9.17) is 21.1 Å². The number of hydrogen-bond donors (Lipinski definition) is 1. The summed E-state index contributed by atoms with van der Waals surface area (Å²) >= 11 is 8.15. The zero-order valence-corrected chi connectivity index (χ0v) is 23.7. The second kappa shape index (κ2) is 12.3. The number of amides is 4. The highest BCUT2D eigenvalue weighted by Crippen LogP contribution is 2.36. The second-order valence-corrected chi connectivity index (χ2v) is 9.78. The summed E-state index contributed by atoms with van der Waals surface area (Å²) in [7, 11) is 1.25. The van der Waals surface area contributed by atoms with Crippen LogP contribution in [0.4, 0.5) is 10.5 Å². The van der Waals surface area contributed by atoms with Gasteiger partial charge in [0.1, 0.15) is 12.2 Å². The van der Waals surface area contributed by atoms with E-state index >= 15 is 0 Å². The van der Waals surface area contributed by atoms with Crippen LogP contribution >= 0.6 is 34.2 Å². The molecule has 1 N–H and O–H groups in total. The van der Waals surface area contributed by atoms with Gasteiger partial charge in [0.15, 0.2) is 11.5 Å². The number of nitrogens with zero attached hydrogens (tertiary/aromatic N) is 1. The third-order valence-corrected chi connectivity index (χ3v) is 6.60. The van der Waals surface area contributed by atoms with Gasteiger partial charge in [-0.2, -0.15) is 0 Å². The normalized spacial score (nSPS) is 14.3. The minimum atomic E-state index is -0.901. The number of urea groups is 1. The maximum absolute atomic E-state index is 13.3. The van der Waals surface area contributed by atoms with Crippen LogP contribution < -0.4 is 19.7 Å². The summed E-state index contributed by atoms with van der Waals surface area (Å²) in [5, 5.41) is 2.78. The molecule has 0 saturated carbocycles. The average molecular weight is 661 g/mol. The Kier molecular flexibility index (Phi) is 8.87. The number of hydrogen-bond acceptors (Lipinski definition) is 7. The zero-order valence-electron chi connectivity index (χ0n) is 20.8. The number of halogens is 2. The predicted octanol–water partition coefficient (Wildman–Crippen LogP) is 5.38. The molecule has 0 radical (unpaired) electrons. The van der Waals surface area contributed by atoms with Gasteiger partial charge in [0.2, 0.25) is 0 Å². The van der Waals surface area contributed by atoms with Gasteiger partial charge in [-0.25, -0.2) is 14.5 Å². The van der Waals surface area contributed by atoms with E-state index in [0.717, 1.165) is 10.5 Å². The van der Waals surface area contributed by atoms with Crippen molar-refractivity contribution >= 4 is 69.8 Å². The fourth-order valence-corrected chi connectivity index (χ4v) is 4.77. The van der Waals surface area contributed by atoms with Gasteiger partial charge >= 0.3 is 12.0 Å². The quantitative estimate of drug-likeness (QED) is 0.150. The van der Waals surface area contributed by atoms with E-state index in [1.807, 2.05) is 19.1 Å². The van der Waals surface area contributed by atoms with Crippen LogP contribution in [0.3, 0.4) is 0 Å². The molecule has 200 valence electrons. The number of carbonyl (C=O) groups excluding carboxylic acids is 4. The monoisotopic (exact) mass is 660 g/mol. The van der Waals surface area contributed by atoms with Crippen LogP contribution in [0.5, 0.6) is 11.5 Å². The lowest BCUT2D eigenvalue weighted by Crippen LogP contribution is -2.54. The number of esters is 1. The van der Waals surface area contributed by atoms with Crippen molar-refractivity contribution in [3.8, 4) is 11.5 Å². The van der Waals surface area contributed by atoms with Gasteiger partial charge in [0.05, 0.1) is 28.5 Å². The van der Waals surface area contributed by atoms with Gasteiger partial charge in [-0.05, 0) is 95.2 Å². The fraction of sp³-hybridized carbons (Fsp3) is 0.143. The lowest BCUT2D eigenvalue weighted by atomic mass is 10.1. The van der Waals surface area contributed by atoms with Crippen LogP contribution in [-0.2, 0) is 20.9 Å². The van der Waals surface area contributed by atoms with Gasteiger partial charge in [0.25, 0.3) is 11.8 Å². The molecule has 1 aliphatic heterocycles. The summed E-state index contributed by atoms with van der Waals surface area (Å²) in [6.45, 7) is 2.43. The van der Waals surface area contributed by atoms with E-state index in [2.05, 4.69) is 32.6 Å². The molecule has 1 heterocycles. The first-order chi connectivity index (χ1) is 18.7. The molecule has 4 rings (SSSR count). The molecule has 9 nitrogen and oxygen atoms in total. The SMILES string of the molecule is CCOc1cc(/C=C2\C(=O)NC(=O)N(c3ccc(C(=O)OC)cc3)C2=O)cc(I)c1OCc1cccc(Cl)c1. The van der Waals surface area contributed by atoms with E-state index < -0.39 is 23.8 Å². The number of benzene rings is 3. The molecule has 11 heteroatoms. The van der Waals surface area contributed by atoms with Crippen molar-refractivity contribution in [3.63, 3.8) is 0 Å². The molecule has 0 spiro atoms. The molecule has 0 aromatic heterocycles. The number of barbiturate groups is 1. The van der Waals surface area contributed by atoms with E-state index in [9.17, 15) is 19.2 Å². The molecule has 1 saturated heterocycles. The summed E-state index contributed by atoms with van der Waals surface area (Å²) in [6.07, 6.45) is 1.38. The Balaban J connectivity index is 1.64. The van der Waals surface area contributed by atoms with Crippen molar-refractivity contribution in [2.24, 2.45) is 0 Å². The number of methoxy groups -OCH3 is 1. The highest BCUT2D eigenvalue weighted by Gasteiger charge is 2.37. The van der Waals surface area contributed by atoms with E-state index in [1.54, 1.807) is 24.3 Å². The maximum atomic E-state index is 13.3. The zero-order chi connectivity index (χ0) is 28.1. The predicted molar refractivity (Wildman–Crippen MR) is 153 cm³/mol. The molecule has 4 amide bonds. The Morgan fingerprint density at radius 2 is 1.79 bits per heavy atom. The molecule has 0 atom stereocenters. The van der Waals surface area contributed by atoms with Crippen LogP contribution in [0.1, 0.15) is 28.4 Å². The Labute approximate surface area is 242 Å². The van der Waals surface area contributed by atoms with Gasteiger partial charge in [-0.15, -0.1) is 0 Å². The number of nitrogens with one attached hydrogen (secondary N) is 1. The van der Waals surface area contributed by atoms with Crippen molar-refractivity contribution in [1.29, 1.82) is 0 Å². The van der Waals surface area contributed by atoms with Crippen LogP contribution in [-0.4, -0.2) is 37.5 Å². The minimum absolute atomic E-state index is 0.179. The molecule has 1 aliphatic rings. The van der Waals surface area contributed by atoms with Crippen molar-refractivity contribution < 1.29 is 33.4 Å². The Morgan fingerprint density at radius 3 is 2.46 bits per heavy atom. The van der Waals surface area contributed by atoms with Gasteiger partial charge < -0.3 is 14.2 Å². The molecule has 1 fully saturated rings. The van der Waals surface area contributed by atoms with E-state index in [-0.39, 0.29) is 23.4 Å². The molecule has 0 bridgehead atoms. The first-order valence-corrected chi connectivity index (χ1v) is 13.1. The van der Waals surface area contributed by atoms with Gasteiger partial charge in [-0.3, -0.25) is 14.9 Å². The molecule has 0 aliphatic carbocycles. The van der Waals surface area contributed by atoms with Crippen LogP contribution in [0.15, 0.2) is 66.2 Å². The van der Waals surface area contributed by atoms with Crippen molar-refractivity contribution in [2.75, 3.05) is 18.6 Å². The maximum Gasteiger partial charge on any atom is 0.337 e. The van der Waals surface area contributed by atoms with Crippen LogP contribution in [0.25, 0.3) is 6.08 Å². The largest absolute Gasteiger partial charge is 0.490 e. The summed E-state index contributed by atoms with van der Waals surface area (Å²) < 4.78 is 17.2. The summed E-state index contributed by atoms with van der Waals surface area (Å²) in [4.78, 5) is 51.0. The molecule has 0 unspecified atom stereocenters. The molecular formula is C28H22ClIN2O7. The smallest absolute Gasteiger partial charge is 0.337 e. The highest BCUT2D eigenvalue weighted by molar-refractivity contribution is 14.1. The van der Waals surface area contributed by atoms with E-state index in [1.165, 1.54) is 37.5 Å². The molecule has 3 aromatic carbocycles. The second-order valence-electron chi connectivity index (χ2n) is 8.18. The molecule has 3 aromatic rings. The third kappa shape index (κ3) is 6.40. The van der Waals surface area contributed by atoms with E-state index in [0.29, 0.717) is 32.3 Å². The van der Waals surface area contributed by atoms with Crippen molar-refractivity contribution in [2.45, 2.75) is 13.5 Å². The van der Waals surface area contributed by atoms with Crippen molar-refractivity contribution in [1.82, 2.24) is 5.32 Å². The molecular weight excluding hydrogens is 639 g/mol. The number of ether oxygens (including phenoxy) is 3.